The number of alkyl halides is 4. The number of carboxylic acids is 1. The van der Waals surface area contributed by atoms with E-state index in [4.69, 9.17) is 26.2 Å². The Labute approximate surface area is 189 Å². The lowest BCUT2D eigenvalue weighted by Gasteiger charge is -2.37. The van der Waals surface area contributed by atoms with Crippen LogP contribution in [0, 0.1) is 0 Å². The second kappa shape index (κ2) is 12.5. The van der Waals surface area contributed by atoms with E-state index in [0.717, 1.165) is 36.8 Å². The lowest BCUT2D eigenvalue weighted by Crippen LogP contribution is -2.48. The molecular formula is C23H25ClF3NO4. The summed E-state index contributed by atoms with van der Waals surface area (Å²) in [7, 11) is 0. The second-order valence-corrected chi connectivity index (χ2v) is 7.59. The van der Waals surface area contributed by atoms with Crippen molar-refractivity contribution in [3.63, 3.8) is 0 Å². The fourth-order valence-corrected chi connectivity index (χ4v) is 3.49. The van der Waals surface area contributed by atoms with Gasteiger partial charge in [-0.15, -0.1) is 11.6 Å². The van der Waals surface area contributed by atoms with Crippen molar-refractivity contribution in [1.29, 1.82) is 0 Å². The van der Waals surface area contributed by atoms with E-state index < -0.39 is 12.1 Å². The summed E-state index contributed by atoms with van der Waals surface area (Å²) in [5, 5.41) is 10.7. The summed E-state index contributed by atoms with van der Waals surface area (Å²) < 4.78 is 37.6. The molecule has 5 nitrogen and oxygen atoms in total. The number of benzene rings is 2. The zero-order chi connectivity index (χ0) is 23.6. The lowest BCUT2D eigenvalue weighted by molar-refractivity contribution is -0.192. The third-order valence-corrected chi connectivity index (χ3v) is 5.13. The Morgan fingerprint density at radius 2 is 1.50 bits per heavy atom. The Hall–Kier alpha value is -2.58. The maximum Gasteiger partial charge on any atom is 0.490 e. The molecule has 2 aromatic carbocycles. The Bertz CT molecular complexity index is 849. The van der Waals surface area contributed by atoms with Crippen molar-refractivity contribution in [1.82, 2.24) is 5.32 Å². The predicted octanol–water partition coefficient (Wildman–Crippen LogP) is 5.42. The van der Waals surface area contributed by atoms with Crippen LogP contribution in [0.2, 0.25) is 0 Å². The number of nitrogens with one attached hydrogen (secondary N) is 1. The van der Waals surface area contributed by atoms with Crippen LogP contribution in [0.5, 0.6) is 0 Å². The summed E-state index contributed by atoms with van der Waals surface area (Å²) in [5.41, 5.74) is 2.15. The number of aliphatic carboxylic acids is 1. The number of carbonyl (C=O) groups excluding carboxylic acids is 1. The van der Waals surface area contributed by atoms with E-state index >= 15 is 0 Å². The zero-order valence-electron chi connectivity index (χ0n) is 17.2. The molecule has 0 amide bonds. The number of rotatable bonds is 7. The Kier molecular flexibility index (Phi) is 9.99. The van der Waals surface area contributed by atoms with Crippen molar-refractivity contribution >= 4 is 23.5 Å². The molecule has 1 aliphatic rings. The molecule has 2 N–H and O–H groups in total. The Morgan fingerprint density at radius 3 is 2.00 bits per heavy atom. The molecule has 9 heteroatoms. The first-order valence-electron chi connectivity index (χ1n) is 10.2. The SMILES string of the molecule is O=C(O)C(F)(F)F.O=C1O[C@H](c2ccccc2)[C@H](c2ccccc2)N[C@H]1CCCCCCl. The summed E-state index contributed by atoms with van der Waals surface area (Å²) in [6, 6.07) is 19.8. The molecule has 1 fully saturated rings. The van der Waals surface area contributed by atoms with Gasteiger partial charge < -0.3 is 9.84 Å². The van der Waals surface area contributed by atoms with E-state index in [2.05, 4.69) is 17.4 Å². The van der Waals surface area contributed by atoms with Crippen molar-refractivity contribution in [2.45, 2.75) is 50.0 Å². The minimum atomic E-state index is -5.08. The van der Waals surface area contributed by atoms with Gasteiger partial charge in [0.05, 0.1) is 6.04 Å². The van der Waals surface area contributed by atoms with E-state index in [-0.39, 0.29) is 24.2 Å². The quantitative estimate of drug-likeness (QED) is 0.320. The lowest BCUT2D eigenvalue weighted by atomic mass is 9.92. The van der Waals surface area contributed by atoms with Crippen molar-refractivity contribution in [2.75, 3.05) is 5.88 Å². The van der Waals surface area contributed by atoms with Gasteiger partial charge in [0.2, 0.25) is 0 Å². The van der Waals surface area contributed by atoms with Crippen molar-refractivity contribution < 1.29 is 32.6 Å². The normalized spacial score (nSPS) is 20.6. The van der Waals surface area contributed by atoms with Gasteiger partial charge in [-0.05, 0) is 24.0 Å². The smallest absolute Gasteiger partial charge is 0.475 e. The van der Waals surface area contributed by atoms with Crippen LogP contribution in [-0.4, -0.2) is 35.1 Å². The van der Waals surface area contributed by atoms with Crippen LogP contribution >= 0.6 is 11.6 Å². The van der Waals surface area contributed by atoms with Gasteiger partial charge in [-0.1, -0.05) is 73.5 Å². The van der Waals surface area contributed by atoms with Crippen LogP contribution in [0.1, 0.15) is 49.0 Å². The molecule has 0 saturated carbocycles. The standard InChI is InChI=1S/C21H24ClNO2.C2HF3O2/c22-15-9-3-8-14-18-21(24)25-20(17-12-6-2-7-13-17)19(23-18)16-10-4-1-5-11-16;3-2(4,5)1(6)7/h1-2,4-7,10-13,18-20,23H,3,8-9,14-15H2;(H,6,7)/t18-,19-,20+;/m0./s1. The minimum absolute atomic E-state index is 0.0423. The van der Waals surface area contributed by atoms with E-state index in [1.807, 2.05) is 48.5 Å². The largest absolute Gasteiger partial charge is 0.490 e. The van der Waals surface area contributed by atoms with Gasteiger partial charge in [0.25, 0.3) is 0 Å². The Balaban J connectivity index is 0.000000451. The molecule has 1 aliphatic heterocycles. The highest BCUT2D eigenvalue weighted by Crippen LogP contribution is 2.36. The number of ether oxygens (including phenoxy) is 1. The van der Waals surface area contributed by atoms with Gasteiger partial charge in [-0.3, -0.25) is 10.1 Å². The zero-order valence-corrected chi connectivity index (χ0v) is 18.0. The van der Waals surface area contributed by atoms with Gasteiger partial charge in [-0.2, -0.15) is 13.2 Å². The fourth-order valence-electron chi connectivity index (χ4n) is 3.30. The van der Waals surface area contributed by atoms with Gasteiger partial charge in [-0.25, -0.2) is 4.79 Å². The average Bonchev–Trinajstić information content (AvgIpc) is 2.78. The van der Waals surface area contributed by atoms with Crippen LogP contribution in [0.4, 0.5) is 13.2 Å². The number of halogens is 4. The number of morpholine rings is 1. The maximum atomic E-state index is 12.5. The number of esters is 1. The van der Waals surface area contributed by atoms with Crippen molar-refractivity contribution in [3.8, 4) is 0 Å². The molecule has 0 aliphatic carbocycles. The average molecular weight is 472 g/mol. The van der Waals surface area contributed by atoms with Crippen LogP contribution in [0.3, 0.4) is 0 Å². The molecule has 1 saturated heterocycles. The number of unbranched alkanes of at least 4 members (excludes halogenated alkanes) is 2. The van der Waals surface area contributed by atoms with Crippen LogP contribution in [0.25, 0.3) is 0 Å². The minimum Gasteiger partial charge on any atom is -0.475 e. The third kappa shape index (κ3) is 7.84. The van der Waals surface area contributed by atoms with Gasteiger partial charge in [0.15, 0.2) is 0 Å². The van der Waals surface area contributed by atoms with E-state index in [9.17, 15) is 18.0 Å². The van der Waals surface area contributed by atoms with Crippen molar-refractivity contribution in [2.24, 2.45) is 0 Å². The molecule has 0 spiro atoms. The number of carboxylic acid groups (broad SMARTS) is 1. The van der Waals surface area contributed by atoms with Crippen molar-refractivity contribution in [3.05, 3.63) is 71.8 Å². The molecule has 0 bridgehead atoms. The van der Waals surface area contributed by atoms with Crippen LogP contribution < -0.4 is 5.32 Å². The molecule has 0 radical (unpaired) electrons. The van der Waals surface area contributed by atoms with E-state index in [1.165, 1.54) is 0 Å². The van der Waals surface area contributed by atoms with E-state index in [1.54, 1.807) is 0 Å². The van der Waals surface area contributed by atoms with Gasteiger partial charge in [0.1, 0.15) is 12.1 Å². The highest BCUT2D eigenvalue weighted by Gasteiger charge is 2.39. The highest BCUT2D eigenvalue weighted by atomic mass is 35.5. The molecule has 174 valence electrons. The first kappa shape index (κ1) is 25.7. The van der Waals surface area contributed by atoms with Gasteiger partial charge >= 0.3 is 18.1 Å². The molecular weight excluding hydrogens is 447 g/mol. The van der Waals surface area contributed by atoms with E-state index in [0.29, 0.717) is 5.88 Å². The fraction of sp³-hybridized carbons (Fsp3) is 0.391. The first-order valence-corrected chi connectivity index (χ1v) is 10.7. The number of hydrogen-bond donors (Lipinski definition) is 2. The monoisotopic (exact) mass is 471 g/mol. The summed E-state index contributed by atoms with van der Waals surface area (Å²) in [4.78, 5) is 21.4. The van der Waals surface area contributed by atoms with Gasteiger partial charge in [0, 0.05) is 5.88 Å². The second-order valence-electron chi connectivity index (χ2n) is 7.22. The molecule has 1 heterocycles. The summed E-state index contributed by atoms with van der Waals surface area (Å²) in [5.74, 6) is -2.25. The first-order chi connectivity index (χ1) is 15.2. The topological polar surface area (TPSA) is 75.6 Å². The summed E-state index contributed by atoms with van der Waals surface area (Å²) in [6.07, 6.45) is -1.63. The third-order valence-electron chi connectivity index (χ3n) is 4.87. The number of hydrogen-bond acceptors (Lipinski definition) is 4. The number of cyclic esters (lactones) is 1. The van der Waals surface area contributed by atoms with Crippen LogP contribution in [-0.2, 0) is 14.3 Å². The molecule has 3 rings (SSSR count). The highest BCUT2D eigenvalue weighted by molar-refractivity contribution is 6.17. The molecule has 3 atom stereocenters. The molecule has 32 heavy (non-hydrogen) atoms. The molecule has 2 aromatic rings. The molecule has 0 unspecified atom stereocenters. The predicted molar refractivity (Wildman–Crippen MR) is 114 cm³/mol. The number of carbonyl (C=O) groups is 2. The Morgan fingerprint density at radius 1 is 0.969 bits per heavy atom. The molecule has 0 aromatic heterocycles. The maximum absolute atomic E-state index is 12.5. The van der Waals surface area contributed by atoms with Crippen LogP contribution in [0.15, 0.2) is 60.7 Å². The summed E-state index contributed by atoms with van der Waals surface area (Å²) in [6.45, 7) is 0. The summed E-state index contributed by atoms with van der Waals surface area (Å²) >= 11 is 5.73.